The number of methoxy groups -OCH3 is 1. The predicted octanol–water partition coefficient (Wildman–Crippen LogP) is 3.49. The Hall–Kier alpha value is -2.19. The van der Waals surface area contributed by atoms with Crippen molar-refractivity contribution in [2.45, 2.75) is 25.7 Å². The number of benzene rings is 1. The van der Waals surface area contributed by atoms with Crippen LogP contribution < -0.4 is 4.74 Å². The zero-order valence-corrected chi connectivity index (χ0v) is 17.0. The van der Waals surface area contributed by atoms with Crippen molar-refractivity contribution < 1.29 is 24.2 Å². The molecule has 1 aromatic rings. The SMILES string of the molecule is COc1cc(Cl)cc(C=C2SC(=O)N(CC(=O)N3CCCCCC3)C2=O)c1O. The summed E-state index contributed by atoms with van der Waals surface area (Å²) in [6.07, 6.45) is 5.42. The van der Waals surface area contributed by atoms with Gasteiger partial charge in [-0.05, 0) is 36.7 Å². The fourth-order valence-electron chi connectivity index (χ4n) is 3.19. The summed E-state index contributed by atoms with van der Waals surface area (Å²) in [6.45, 7) is 1.04. The Morgan fingerprint density at radius 2 is 1.93 bits per heavy atom. The number of hydrogen-bond acceptors (Lipinski definition) is 6. The molecule has 28 heavy (non-hydrogen) atoms. The van der Waals surface area contributed by atoms with Crippen molar-refractivity contribution in [1.29, 1.82) is 0 Å². The van der Waals surface area contributed by atoms with Gasteiger partial charge >= 0.3 is 0 Å². The molecule has 0 aromatic heterocycles. The third-order valence-electron chi connectivity index (χ3n) is 4.70. The van der Waals surface area contributed by atoms with E-state index in [-0.39, 0.29) is 34.4 Å². The molecule has 0 saturated carbocycles. The van der Waals surface area contributed by atoms with Crippen molar-refractivity contribution in [3.63, 3.8) is 0 Å². The number of nitrogens with zero attached hydrogens (tertiary/aromatic N) is 2. The molecule has 1 aromatic carbocycles. The van der Waals surface area contributed by atoms with Gasteiger partial charge in [0.05, 0.1) is 12.0 Å². The third kappa shape index (κ3) is 4.44. The number of thioether (sulfide) groups is 1. The molecule has 2 aliphatic rings. The zero-order chi connectivity index (χ0) is 20.3. The lowest BCUT2D eigenvalue weighted by Gasteiger charge is -2.22. The Morgan fingerprint density at radius 3 is 2.57 bits per heavy atom. The fourth-order valence-corrected chi connectivity index (χ4v) is 4.24. The maximum absolute atomic E-state index is 12.7. The van der Waals surface area contributed by atoms with Gasteiger partial charge in [0.25, 0.3) is 11.1 Å². The Labute approximate surface area is 172 Å². The molecule has 3 rings (SSSR count). The summed E-state index contributed by atoms with van der Waals surface area (Å²) in [5.74, 6) is -0.803. The van der Waals surface area contributed by atoms with Crippen LogP contribution in [0.25, 0.3) is 6.08 Å². The van der Waals surface area contributed by atoms with Crippen molar-refractivity contribution >= 4 is 46.5 Å². The van der Waals surface area contributed by atoms with Gasteiger partial charge in [0.1, 0.15) is 6.54 Å². The number of hydrogen-bond donors (Lipinski definition) is 1. The standard InChI is InChI=1S/C19H21ClN2O5S/c1-27-14-10-13(20)8-12(17(14)24)9-15-18(25)22(19(26)28-15)11-16(23)21-6-4-2-3-5-7-21/h8-10,24H,2-7,11H2,1H3. The second-order valence-corrected chi connectivity index (χ2v) is 8.04. The van der Waals surface area contributed by atoms with E-state index in [1.807, 2.05) is 0 Å². The van der Waals surface area contributed by atoms with Crippen LogP contribution in [0, 0.1) is 0 Å². The molecule has 0 bridgehead atoms. The van der Waals surface area contributed by atoms with Gasteiger partial charge in [-0.1, -0.05) is 24.4 Å². The number of carbonyl (C=O) groups excluding carboxylic acids is 3. The number of likely N-dealkylation sites (tertiary alicyclic amines) is 1. The highest BCUT2D eigenvalue weighted by Gasteiger charge is 2.37. The number of imide groups is 1. The molecular formula is C19H21ClN2O5S. The normalized spacial score (nSPS) is 19.3. The van der Waals surface area contributed by atoms with Crippen LogP contribution in [0.15, 0.2) is 17.0 Å². The Kier molecular flexibility index (Phi) is 6.51. The van der Waals surface area contributed by atoms with E-state index in [1.54, 1.807) is 4.90 Å². The van der Waals surface area contributed by atoms with Crippen molar-refractivity contribution in [3.8, 4) is 11.5 Å². The zero-order valence-electron chi connectivity index (χ0n) is 15.4. The van der Waals surface area contributed by atoms with Crippen LogP contribution in [0.1, 0.15) is 31.2 Å². The summed E-state index contributed by atoms with van der Waals surface area (Å²) in [6, 6.07) is 2.91. The molecular weight excluding hydrogens is 404 g/mol. The first-order chi connectivity index (χ1) is 13.4. The first-order valence-corrected chi connectivity index (χ1v) is 10.2. The molecule has 0 spiro atoms. The molecule has 0 aliphatic carbocycles. The topological polar surface area (TPSA) is 87.2 Å². The highest BCUT2D eigenvalue weighted by Crippen LogP contribution is 2.38. The second kappa shape index (κ2) is 8.87. The lowest BCUT2D eigenvalue weighted by atomic mass is 10.1. The second-order valence-electron chi connectivity index (χ2n) is 6.61. The largest absolute Gasteiger partial charge is 0.504 e. The van der Waals surface area contributed by atoms with Gasteiger partial charge in [0.15, 0.2) is 11.5 Å². The highest BCUT2D eigenvalue weighted by molar-refractivity contribution is 8.18. The molecule has 0 atom stereocenters. The lowest BCUT2D eigenvalue weighted by molar-refractivity contribution is -0.135. The van der Waals surface area contributed by atoms with Crippen LogP contribution in [-0.4, -0.2) is 58.7 Å². The van der Waals surface area contributed by atoms with E-state index in [0.717, 1.165) is 42.3 Å². The van der Waals surface area contributed by atoms with E-state index >= 15 is 0 Å². The molecule has 3 amide bonds. The molecule has 2 heterocycles. The van der Waals surface area contributed by atoms with Crippen LogP contribution in [0.3, 0.4) is 0 Å². The average Bonchev–Trinajstić information content (AvgIpc) is 2.88. The van der Waals surface area contributed by atoms with E-state index in [2.05, 4.69) is 0 Å². The van der Waals surface area contributed by atoms with Crippen molar-refractivity contribution in [2.75, 3.05) is 26.7 Å². The van der Waals surface area contributed by atoms with E-state index < -0.39 is 11.1 Å². The molecule has 7 nitrogen and oxygen atoms in total. The molecule has 9 heteroatoms. The highest BCUT2D eigenvalue weighted by atomic mass is 35.5. The van der Waals surface area contributed by atoms with Crippen LogP contribution in [-0.2, 0) is 9.59 Å². The summed E-state index contributed by atoms with van der Waals surface area (Å²) in [5, 5.41) is 10.0. The first-order valence-electron chi connectivity index (χ1n) is 9.00. The van der Waals surface area contributed by atoms with Gasteiger partial charge in [-0.25, -0.2) is 0 Å². The summed E-state index contributed by atoms with van der Waals surface area (Å²) in [4.78, 5) is 40.3. The maximum Gasteiger partial charge on any atom is 0.294 e. The third-order valence-corrected chi connectivity index (χ3v) is 5.83. The minimum atomic E-state index is -0.559. The Balaban J connectivity index is 1.77. The monoisotopic (exact) mass is 424 g/mol. The number of amides is 3. The number of halogens is 1. The Bertz CT molecular complexity index is 834. The number of aromatic hydroxyl groups is 1. The van der Waals surface area contributed by atoms with Gasteiger partial charge in [0, 0.05) is 29.7 Å². The summed E-state index contributed by atoms with van der Waals surface area (Å²) >= 11 is 6.74. The number of ether oxygens (including phenoxy) is 1. The number of phenols is 1. The number of rotatable bonds is 4. The molecule has 0 radical (unpaired) electrons. The van der Waals surface area contributed by atoms with E-state index in [1.165, 1.54) is 25.3 Å². The van der Waals surface area contributed by atoms with E-state index in [4.69, 9.17) is 16.3 Å². The lowest BCUT2D eigenvalue weighted by Crippen LogP contribution is -2.42. The first kappa shape index (κ1) is 20.5. The van der Waals surface area contributed by atoms with Crippen molar-refractivity contribution in [1.82, 2.24) is 9.80 Å². The smallest absolute Gasteiger partial charge is 0.294 e. The van der Waals surface area contributed by atoms with Gasteiger partial charge in [0.2, 0.25) is 5.91 Å². The number of carbonyl (C=O) groups is 3. The molecule has 2 aliphatic heterocycles. The van der Waals surface area contributed by atoms with Crippen molar-refractivity contribution in [3.05, 3.63) is 27.6 Å². The molecule has 2 fully saturated rings. The number of phenolic OH excluding ortho intramolecular Hbond substituents is 1. The minimum absolute atomic E-state index is 0.119. The summed E-state index contributed by atoms with van der Waals surface area (Å²) < 4.78 is 5.05. The van der Waals surface area contributed by atoms with Crippen molar-refractivity contribution in [2.24, 2.45) is 0 Å². The van der Waals surface area contributed by atoms with Crippen LogP contribution >= 0.6 is 23.4 Å². The van der Waals surface area contributed by atoms with Crippen LogP contribution in [0.2, 0.25) is 5.02 Å². The summed E-state index contributed by atoms with van der Waals surface area (Å²) in [5.41, 5.74) is 0.258. The summed E-state index contributed by atoms with van der Waals surface area (Å²) in [7, 11) is 1.39. The van der Waals surface area contributed by atoms with Gasteiger partial charge < -0.3 is 14.7 Å². The molecule has 2 saturated heterocycles. The quantitative estimate of drug-likeness (QED) is 0.744. The van der Waals surface area contributed by atoms with E-state index in [0.29, 0.717) is 18.1 Å². The predicted molar refractivity (Wildman–Crippen MR) is 107 cm³/mol. The molecule has 0 unspecified atom stereocenters. The van der Waals surface area contributed by atoms with Gasteiger partial charge in [-0.2, -0.15) is 0 Å². The Morgan fingerprint density at radius 1 is 1.25 bits per heavy atom. The average molecular weight is 425 g/mol. The fraction of sp³-hybridized carbons (Fsp3) is 0.421. The van der Waals surface area contributed by atoms with E-state index in [9.17, 15) is 19.5 Å². The molecule has 1 N–H and O–H groups in total. The van der Waals surface area contributed by atoms with Crippen LogP contribution in [0.5, 0.6) is 11.5 Å². The minimum Gasteiger partial charge on any atom is -0.504 e. The van der Waals surface area contributed by atoms with Gasteiger partial charge in [-0.15, -0.1) is 0 Å². The molecule has 150 valence electrons. The van der Waals surface area contributed by atoms with Crippen LogP contribution in [0.4, 0.5) is 4.79 Å². The maximum atomic E-state index is 12.7. The van der Waals surface area contributed by atoms with Gasteiger partial charge in [-0.3, -0.25) is 19.3 Å².